The monoisotopic (exact) mass is 1630 g/mol. The van der Waals surface area contributed by atoms with Crippen LogP contribution in [-0.2, 0) is 79.2 Å². The van der Waals surface area contributed by atoms with Crippen molar-refractivity contribution in [1.29, 1.82) is 0 Å². The molecule has 1 aromatic heterocycles. The van der Waals surface area contributed by atoms with E-state index in [1.54, 1.807) is 0 Å². The minimum atomic E-state index is -0.575. The highest BCUT2D eigenvalue weighted by atomic mass is 16.5. The van der Waals surface area contributed by atoms with Crippen LogP contribution in [0, 0.1) is 23.7 Å². The third-order valence-corrected chi connectivity index (χ3v) is 23.7. The SMILES string of the molecule is CC(C)(C)c1ccc(C(c2ccc(OCCCC#CC#CCCCOc3ccc(C(c4ccc(C(C)(C)C)cc4)(c4ccc(C(C)(C)C)cc4)c4ccc(C(C)(C)C)cc4)cc3)cc2)(c2ccc(C(C)(C)C)cc2)c2ccc(C(C)(C)C)cc2)cc1.c1cc2nc(c1)COCc1ccc(cc1)OCCCCCCCCCCOc1ccc(cc1)COC2. The molecule has 0 spiro atoms. The fraction of sp³-hybridized carbons (Fsp3) is 0.400. The van der Waals surface area contributed by atoms with Gasteiger partial charge in [-0.1, -0.05) is 375 Å². The molecule has 7 heteroatoms. The Balaban J connectivity index is 0.000000334. The predicted molar refractivity (Wildman–Crippen MR) is 509 cm³/mol. The Morgan fingerprint density at radius 2 is 0.492 bits per heavy atom. The molecule has 5 heterocycles. The molecule has 0 amide bonds. The number of hydrogen-bond donors (Lipinski definition) is 0. The van der Waals surface area contributed by atoms with Crippen molar-refractivity contribution in [1.82, 2.24) is 4.98 Å². The van der Waals surface area contributed by atoms with Gasteiger partial charge < -0.3 is 28.4 Å². The zero-order valence-electron chi connectivity index (χ0n) is 76.9. The van der Waals surface area contributed by atoms with Gasteiger partial charge in [0.15, 0.2) is 0 Å². The lowest BCUT2D eigenvalue weighted by Gasteiger charge is -2.38. The zero-order chi connectivity index (χ0) is 87.0. The summed E-state index contributed by atoms with van der Waals surface area (Å²) < 4.78 is 36.3. The summed E-state index contributed by atoms with van der Waals surface area (Å²) >= 11 is 0. The van der Waals surface area contributed by atoms with Crippen molar-refractivity contribution in [3.63, 3.8) is 0 Å². The van der Waals surface area contributed by atoms with E-state index < -0.39 is 10.8 Å². The molecule has 0 fully saturated rings. The molecule has 4 aliphatic heterocycles. The van der Waals surface area contributed by atoms with E-state index in [0.29, 0.717) is 52.5 Å². The van der Waals surface area contributed by atoms with E-state index in [4.69, 9.17) is 28.4 Å². The number of ether oxygens (including phenoxy) is 6. The molecule has 0 saturated heterocycles. The van der Waals surface area contributed by atoms with E-state index in [0.717, 1.165) is 84.4 Å². The van der Waals surface area contributed by atoms with Gasteiger partial charge in [-0.3, -0.25) is 4.98 Å². The molecular formula is C115H137NO6. The smallest absolute Gasteiger partial charge is 0.119 e. The summed E-state index contributed by atoms with van der Waals surface area (Å²) in [5.41, 5.74) is 20.8. The molecule has 0 atom stereocenters. The average molecular weight is 1630 g/mol. The maximum atomic E-state index is 6.37. The summed E-state index contributed by atoms with van der Waals surface area (Å²) in [6, 6.07) is 96.0. The largest absolute Gasteiger partial charge is 0.494 e. The minimum absolute atomic E-state index is 0.0370. The summed E-state index contributed by atoms with van der Waals surface area (Å²) in [5, 5.41) is 0. The van der Waals surface area contributed by atoms with Crippen molar-refractivity contribution in [2.75, 3.05) is 26.4 Å². The van der Waals surface area contributed by atoms with Crippen LogP contribution in [0.25, 0.3) is 0 Å². The number of benzene rings is 10. The lowest BCUT2D eigenvalue weighted by atomic mass is 9.64. The number of aromatic nitrogens is 1. The van der Waals surface area contributed by atoms with Gasteiger partial charge in [-0.2, -0.15) is 0 Å². The van der Waals surface area contributed by atoms with Crippen molar-refractivity contribution < 1.29 is 28.4 Å². The van der Waals surface area contributed by atoms with Crippen LogP contribution >= 0.6 is 0 Å². The van der Waals surface area contributed by atoms with E-state index in [1.165, 1.54) is 116 Å². The summed E-state index contributed by atoms with van der Waals surface area (Å²) in [6.07, 6.45) is 12.9. The third-order valence-electron chi connectivity index (χ3n) is 23.7. The maximum absolute atomic E-state index is 6.37. The van der Waals surface area contributed by atoms with Gasteiger partial charge in [0.2, 0.25) is 0 Å². The zero-order valence-corrected chi connectivity index (χ0v) is 76.9. The van der Waals surface area contributed by atoms with Crippen molar-refractivity contribution >= 4 is 0 Å². The molecule has 6 bridgehead atoms. The van der Waals surface area contributed by atoms with Crippen molar-refractivity contribution in [3.05, 3.63) is 361 Å². The number of nitrogens with zero attached hydrogens (tertiary/aromatic N) is 1. The third kappa shape index (κ3) is 25.4. The van der Waals surface area contributed by atoms with Crippen molar-refractivity contribution in [3.8, 4) is 46.7 Å². The van der Waals surface area contributed by atoms with Crippen LogP contribution in [0.4, 0.5) is 0 Å². The van der Waals surface area contributed by atoms with Gasteiger partial charge in [-0.15, -0.1) is 0 Å². The Kier molecular flexibility index (Phi) is 31.9. The van der Waals surface area contributed by atoms with Gasteiger partial charge in [0.25, 0.3) is 0 Å². The molecule has 122 heavy (non-hydrogen) atoms. The first kappa shape index (κ1) is 92.3. The number of unbranched alkanes of at least 4 members (excludes halogenated alkanes) is 2. The van der Waals surface area contributed by atoms with E-state index >= 15 is 0 Å². The molecule has 638 valence electrons. The van der Waals surface area contributed by atoms with Gasteiger partial charge in [-0.25, -0.2) is 0 Å². The van der Waals surface area contributed by atoms with Gasteiger partial charge in [0.1, 0.15) is 23.0 Å². The second-order valence-electron chi connectivity index (χ2n) is 39.4. The van der Waals surface area contributed by atoms with Gasteiger partial charge in [0, 0.05) is 12.8 Å². The Morgan fingerprint density at radius 1 is 0.262 bits per heavy atom. The predicted octanol–water partition coefficient (Wildman–Crippen LogP) is 28.7. The van der Waals surface area contributed by atoms with Crippen LogP contribution in [-0.4, -0.2) is 31.4 Å². The normalized spacial score (nSPS) is 14.0. The van der Waals surface area contributed by atoms with E-state index in [2.05, 4.69) is 372 Å². The highest BCUT2D eigenvalue weighted by Crippen LogP contribution is 2.50. The molecule has 11 aromatic rings. The van der Waals surface area contributed by atoms with Crippen LogP contribution < -0.4 is 18.9 Å². The van der Waals surface area contributed by atoms with Crippen LogP contribution in [0.15, 0.2) is 261 Å². The lowest BCUT2D eigenvalue weighted by Crippen LogP contribution is -2.31. The standard InChI is InChI=1S/C84H98O2.C31H39NO4/c1-77(2,3)61-27-39-67(40-28-61)83(68-41-29-62(30-42-68)78(4,5)6,69-43-31-63(32-44-69)79(7,8)9)73-51-55-75(56-52-73)85-59-25-23-21-19-20-22-24-26-60-86-76-57-53-74(54-58-76)84(70-45-33-64(34-46-70)80(10,11)12,71-47-35-65(36-48-71)81(13,14)15)72-49-37-66(38-50-72)82(16,17)18;1-2-4-6-8-21-36-31-18-14-27(15-19-31)23-34-25-29-11-9-10-28(32-29)24-33-22-26-12-16-30(17-13-26)35-20-7-5-3-1/h27-58H,23-26,59-60H2,1-18H3;9-19H,1-8,20-25H2. The minimum Gasteiger partial charge on any atom is -0.494 e. The number of rotatable bonds is 16. The Labute approximate surface area is 734 Å². The Hall–Kier alpha value is -10.4. The molecule has 15 rings (SSSR count). The highest BCUT2D eigenvalue weighted by Gasteiger charge is 2.41. The van der Waals surface area contributed by atoms with Crippen LogP contribution in [0.3, 0.4) is 0 Å². The molecule has 4 aliphatic rings. The van der Waals surface area contributed by atoms with Gasteiger partial charge in [0.05, 0.1) is 75.1 Å². The number of pyridine rings is 1. The molecule has 0 aliphatic carbocycles. The quantitative estimate of drug-likeness (QED) is 0.0542. The van der Waals surface area contributed by atoms with Gasteiger partial charge >= 0.3 is 0 Å². The Bertz CT molecular complexity index is 4540. The number of hydrogen-bond acceptors (Lipinski definition) is 7. The first-order chi connectivity index (χ1) is 58.3. The first-order valence-corrected chi connectivity index (χ1v) is 44.9. The fourth-order valence-corrected chi connectivity index (χ4v) is 16.1. The summed E-state index contributed by atoms with van der Waals surface area (Å²) in [4.78, 5) is 4.68. The van der Waals surface area contributed by atoms with E-state index in [1.807, 2.05) is 42.5 Å². The van der Waals surface area contributed by atoms with Gasteiger partial charge in [-0.05, 0) is 220 Å². The summed E-state index contributed by atoms with van der Waals surface area (Å²) in [6.45, 7) is 45.8. The van der Waals surface area contributed by atoms with Crippen molar-refractivity contribution in [2.24, 2.45) is 0 Å². The topological polar surface area (TPSA) is 68.3 Å². The Morgan fingerprint density at radius 3 is 0.738 bits per heavy atom. The molecule has 0 N–H and O–H groups in total. The molecule has 7 nitrogen and oxygen atoms in total. The van der Waals surface area contributed by atoms with Crippen molar-refractivity contribution in [2.45, 2.75) is 271 Å². The van der Waals surface area contributed by atoms with Crippen LogP contribution in [0.2, 0.25) is 0 Å². The second-order valence-corrected chi connectivity index (χ2v) is 39.4. The lowest BCUT2D eigenvalue weighted by molar-refractivity contribution is 0.0980. The maximum Gasteiger partial charge on any atom is 0.119 e. The molecular weight excluding hydrogens is 1490 g/mol. The average Bonchev–Trinajstić information content (AvgIpc) is 0.732. The molecule has 0 unspecified atom stereocenters. The second kappa shape index (κ2) is 42.1. The van der Waals surface area contributed by atoms with E-state index in [9.17, 15) is 0 Å². The molecule has 0 saturated carbocycles. The fourth-order valence-electron chi connectivity index (χ4n) is 16.1. The summed E-state index contributed by atoms with van der Waals surface area (Å²) in [5.74, 6) is 16.2. The molecule has 0 radical (unpaired) electrons. The molecule has 10 aromatic carbocycles. The van der Waals surface area contributed by atoms with E-state index in [-0.39, 0.29) is 32.5 Å². The first-order valence-electron chi connectivity index (χ1n) is 44.9. The highest BCUT2D eigenvalue weighted by molar-refractivity contribution is 5.64. The van der Waals surface area contributed by atoms with Crippen LogP contribution in [0.1, 0.15) is 302 Å². The van der Waals surface area contributed by atoms with Crippen LogP contribution in [0.5, 0.6) is 23.0 Å². The summed E-state index contributed by atoms with van der Waals surface area (Å²) in [7, 11) is 0.